The molecule has 0 spiro atoms. The number of aromatic nitrogens is 1. The first-order valence-corrected chi connectivity index (χ1v) is 6.30. The maximum atomic E-state index is 10.5. The molecule has 6 heteroatoms. The number of hydrogen-bond donors (Lipinski definition) is 1. The van der Waals surface area contributed by atoms with Gasteiger partial charge in [0.25, 0.3) is 0 Å². The number of carboxylic acids is 1. The number of methoxy groups -OCH3 is 2. The van der Waals surface area contributed by atoms with Gasteiger partial charge in [-0.3, -0.25) is 0 Å². The third-order valence-corrected chi connectivity index (χ3v) is 2.69. The number of nitriles is 1. The zero-order chi connectivity index (χ0) is 16.5. The Labute approximate surface area is 128 Å². The molecule has 1 heterocycles. The molecule has 2 aromatic rings. The van der Waals surface area contributed by atoms with Crippen molar-refractivity contribution in [3.8, 4) is 17.6 Å². The van der Waals surface area contributed by atoms with E-state index >= 15 is 0 Å². The average molecular weight is 300 g/mol. The lowest BCUT2D eigenvalue weighted by molar-refractivity contribution is 0.0689. The SMILES string of the molecule is COc1cccc(OC)c1.Cc1cc(C#N)cnc1C(=O)O. The van der Waals surface area contributed by atoms with Gasteiger partial charge in [-0.2, -0.15) is 5.26 Å². The monoisotopic (exact) mass is 300 g/mol. The summed E-state index contributed by atoms with van der Waals surface area (Å²) in [4.78, 5) is 14.1. The molecule has 0 amide bonds. The van der Waals surface area contributed by atoms with Crippen molar-refractivity contribution in [3.63, 3.8) is 0 Å². The Kier molecular flexibility index (Phi) is 6.38. The number of aromatic carboxylic acids is 1. The van der Waals surface area contributed by atoms with Crippen molar-refractivity contribution in [2.45, 2.75) is 6.92 Å². The van der Waals surface area contributed by atoms with Crippen LogP contribution in [-0.2, 0) is 0 Å². The smallest absolute Gasteiger partial charge is 0.354 e. The molecule has 0 atom stereocenters. The van der Waals surface area contributed by atoms with Gasteiger partial charge in [-0.25, -0.2) is 9.78 Å². The molecule has 1 aromatic carbocycles. The second-order valence-electron chi connectivity index (χ2n) is 4.19. The molecular weight excluding hydrogens is 284 g/mol. The van der Waals surface area contributed by atoms with Gasteiger partial charge in [0, 0.05) is 12.3 Å². The fourth-order valence-electron chi connectivity index (χ4n) is 1.59. The molecule has 0 unspecified atom stereocenters. The quantitative estimate of drug-likeness (QED) is 0.936. The molecule has 1 aromatic heterocycles. The fraction of sp³-hybridized carbons (Fsp3) is 0.188. The van der Waals surface area contributed by atoms with E-state index in [1.54, 1.807) is 21.1 Å². The molecule has 1 N–H and O–H groups in total. The highest BCUT2D eigenvalue weighted by Gasteiger charge is 2.08. The molecule has 114 valence electrons. The van der Waals surface area contributed by atoms with Gasteiger partial charge in [-0.15, -0.1) is 0 Å². The lowest BCUT2D eigenvalue weighted by Crippen LogP contribution is -2.03. The van der Waals surface area contributed by atoms with E-state index in [-0.39, 0.29) is 5.69 Å². The topological polar surface area (TPSA) is 92.4 Å². The van der Waals surface area contributed by atoms with Crippen molar-refractivity contribution in [1.29, 1.82) is 5.26 Å². The molecule has 22 heavy (non-hydrogen) atoms. The molecule has 0 bridgehead atoms. The average Bonchev–Trinajstić information content (AvgIpc) is 2.54. The minimum Gasteiger partial charge on any atom is -0.497 e. The first kappa shape index (κ1) is 17.0. The molecule has 0 fully saturated rings. The van der Waals surface area contributed by atoms with E-state index in [0.717, 1.165) is 11.5 Å². The van der Waals surface area contributed by atoms with Gasteiger partial charge in [0.15, 0.2) is 5.69 Å². The van der Waals surface area contributed by atoms with Crippen LogP contribution in [0.5, 0.6) is 11.5 Å². The van der Waals surface area contributed by atoms with Crippen LogP contribution >= 0.6 is 0 Å². The maximum absolute atomic E-state index is 10.5. The van der Waals surface area contributed by atoms with Gasteiger partial charge in [-0.05, 0) is 30.7 Å². The van der Waals surface area contributed by atoms with E-state index in [1.807, 2.05) is 30.3 Å². The number of rotatable bonds is 3. The highest BCUT2D eigenvalue weighted by molar-refractivity contribution is 5.87. The molecular formula is C16H16N2O4. The maximum Gasteiger partial charge on any atom is 0.354 e. The summed E-state index contributed by atoms with van der Waals surface area (Å²) in [6.07, 6.45) is 1.25. The Bertz CT molecular complexity index is 674. The Balaban J connectivity index is 0.000000224. The summed E-state index contributed by atoms with van der Waals surface area (Å²) in [6.45, 7) is 1.61. The van der Waals surface area contributed by atoms with Crippen molar-refractivity contribution < 1.29 is 19.4 Å². The molecule has 0 saturated heterocycles. The molecule has 0 radical (unpaired) electrons. The van der Waals surface area contributed by atoms with Crippen LogP contribution in [0.4, 0.5) is 0 Å². The first-order valence-electron chi connectivity index (χ1n) is 6.30. The third-order valence-electron chi connectivity index (χ3n) is 2.69. The van der Waals surface area contributed by atoms with E-state index in [9.17, 15) is 4.79 Å². The van der Waals surface area contributed by atoms with Gasteiger partial charge in [0.2, 0.25) is 0 Å². The van der Waals surface area contributed by atoms with Gasteiger partial charge in [0.05, 0.1) is 19.8 Å². The molecule has 0 aliphatic heterocycles. The van der Waals surface area contributed by atoms with E-state index in [2.05, 4.69) is 4.98 Å². The molecule has 0 saturated carbocycles. The Morgan fingerprint density at radius 2 is 1.82 bits per heavy atom. The lowest BCUT2D eigenvalue weighted by atomic mass is 10.2. The molecule has 6 nitrogen and oxygen atoms in total. The van der Waals surface area contributed by atoms with Crippen LogP contribution in [0, 0.1) is 18.3 Å². The predicted octanol–water partition coefficient (Wildman–Crippen LogP) is 2.66. The first-order chi connectivity index (χ1) is 10.5. The van der Waals surface area contributed by atoms with Crippen LogP contribution in [0.2, 0.25) is 0 Å². The fourth-order valence-corrected chi connectivity index (χ4v) is 1.59. The van der Waals surface area contributed by atoms with E-state index in [1.165, 1.54) is 12.3 Å². The summed E-state index contributed by atoms with van der Waals surface area (Å²) < 4.78 is 9.95. The van der Waals surface area contributed by atoms with Crippen molar-refractivity contribution in [1.82, 2.24) is 4.98 Å². The number of carbonyl (C=O) groups is 1. The minimum atomic E-state index is -1.07. The van der Waals surface area contributed by atoms with Gasteiger partial charge in [0.1, 0.15) is 17.6 Å². The summed E-state index contributed by atoms with van der Waals surface area (Å²) in [5.74, 6) is 0.565. The number of carboxylic acid groups (broad SMARTS) is 1. The van der Waals surface area contributed by atoms with Crippen LogP contribution in [-0.4, -0.2) is 30.3 Å². The molecule has 0 aliphatic rings. The van der Waals surface area contributed by atoms with Gasteiger partial charge in [-0.1, -0.05) is 6.07 Å². The second-order valence-corrected chi connectivity index (χ2v) is 4.19. The van der Waals surface area contributed by atoms with Crippen molar-refractivity contribution in [2.24, 2.45) is 0 Å². The van der Waals surface area contributed by atoms with Crippen molar-refractivity contribution in [2.75, 3.05) is 14.2 Å². The number of hydrogen-bond acceptors (Lipinski definition) is 5. The van der Waals surface area contributed by atoms with E-state index in [4.69, 9.17) is 19.8 Å². The van der Waals surface area contributed by atoms with Crippen molar-refractivity contribution in [3.05, 3.63) is 53.3 Å². The Morgan fingerprint density at radius 1 is 1.23 bits per heavy atom. The lowest BCUT2D eigenvalue weighted by Gasteiger charge is -2.01. The third kappa shape index (κ3) is 4.80. The normalized spacial score (nSPS) is 9.00. The largest absolute Gasteiger partial charge is 0.497 e. The number of aryl methyl sites for hydroxylation is 1. The summed E-state index contributed by atoms with van der Waals surface area (Å²) in [5, 5.41) is 17.0. The number of ether oxygens (including phenoxy) is 2. The van der Waals surface area contributed by atoms with Crippen LogP contribution in [0.3, 0.4) is 0 Å². The van der Waals surface area contributed by atoms with Gasteiger partial charge >= 0.3 is 5.97 Å². The van der Waals surface area contributed by atoms with E-state index in [0.29, 0.717) is 11.1 Å². The van der Waals surface area contributed by atoms with E-state index < -0.39 is 5.97 Å². The summed E-state index contributed by atoms with van der Waals surface area (Å²) >= 11 is 0. The zero-order valence-corrected chi connectivity index (χ0v) is 12.5. The standard InChI is InChI=1S/C8H6N2O2.C8H10O2/c1-5-2-6(3-9)4-10-7(5)8(11)12;1-9-7-4-3-5-8(6-7)10-2/h2,4H,1H3,(H,11,12);3-6H,1-2H3. The molecule has 0 aliphatic carbocycles. The Hall–Kier alpha value is -3.07. The molecule has 2 rings (SSSR count). The van der Waals surface area contributed by atoms with Crippen molar-refractivity contribution >= 4 is 5.97 Å². The van der Waals surface area contributed by atoms with Crippen LogP contribution in [0.25, 0.3) is 0 Å². The van der Waals surface area contributed by atoms with Crippen LogP contribution in [0.15, 0.2) is 36.5 Å². The Morgan fingerprint density at radius 3 is 2.23 bits per heavy atom. The number of benzene rings is 1. The summed E-state index contributed by atoms with van der Waals surface area (Å²) in [7, 11) is 3.27. The van der Waals surface area contributed by atoms with Gasteiger partial charge < -0.3 is 14.6 Å². The summed E-state index contributed by atoms with van der Waals surface area (Å²) in [5.41, 5.74) is 0.869. The second kappa shape index (κ2) is 8.27. The highest BCUT2D eigenvalue weighted by atomic mass is 16.5. The number of nitrogens with zero attached hydrogens (tertiary/aromatic N) is 2. The van der Waals surface area contributed by atoms with Crippen LogP contribution < -0.4 is 9.47 Å². The predicted molar refractivity (Wildman–Crippen MR) is 80.2 cm³/mol. The zero-order valence-electron chi connectivity index (χ0n) is 12.5. The number of pyridine rings is 1. The summed E-state index contributed by atoms with van der Waals surface area (Å²) in [6, 6.07) is 10.8. The minimum absolute atomic E-state index is 0.00556. The van der Waals surface area contributed by atoms with Crippen LogP contribution in [0.1, 0.15) is 21.6 Å². The highest BCUT2D eigenvalue weighted by Crippen LogP contribution is 2.17.